The Kier molecular flexibility index (Phi) is 5.92. The minimum atomic E-state index is 0.696. The molecule has 28 heavy (non-hydrogen) atoms. The Labute approximate surface area is 176 Å². The topological polar surface area (TPSA) is 56.7 Å². The van der Waals surface area contributed by atoms with Gasteiger partial charge in [0, 0.05) is 28.4 Å². The summed E-state index contributed by atoms with van der Waals surface area (Å²) in [5.41, 5.74) is 3.25. The minimum absolute atomic E-state index is 0.696. The highest BCUT2D eigenvalue weighted by molar-refractivity contribution is 9.10. The highest BCUT2D eigenvalue weighted by Crippen LogP contribution is 2.27. The summed E-state index contributed by atoms with van der Waals surface area (Å²) in [7, 11) is 0. The van der Waals surface area contributed by atoms with Gasteiger partial charge in [-0.3, -0.25) is 0 Å². The molecule has 0 unspecified atom stereocenters. The van der Waals surface area contributed by atoms with Gasteiger partial charge in [0.15, 0.2) is 11.0 Å². The molecule has 0 aliphatic rings. The molecule has 0 amide bonds. The summed E-state index contributed by atoms with van der Waals surface area (Å²) in [6.45, 7) is 2.71. The van der Waals surface area contributed by atoms with Crippen LogP contribution in [0.25, 0.3) is 11.4 Å². The molecular weight excluding hydrogens is 436 g/mol. The number of aryl methyl sites for hydroxylation is 2. The van der Waals surface area contributed by atoms with Crippen molar-refractivity contribution in [2.75, 3.05) is 0 Å². The molecule has 0 aliphatic heterocycles. The van der Waals surface area contributed by atoms with Gasteiger partial charge in [0.2, 0.25) is 0 Å². The molecule has 2 heterocycles. The highest BCUT2D eigenvalue weighted by atomic mass is 79.9. The normalized spacial score (nSPS) is 11.1. The van der Waals surface area contributed by atoms with Crippen LogP contribution in [0.15, 0.2) is 74.8 Å². The maximum absolute atomic E-state index is 5.16. The van der Waals surface area contributed by atoms with Crippen molar-refractivity contribution in [2.24, 2.45) is 0 Å². The van der Waals surface area contributed by atoms with E-state index in [0.717, 1.165) is 45.4 Å². The zero-order valence-electron chi connectivity index (χ0n) is 15.4. The molecule has 0 fully saturated rings. The Morgan fingerprint density at radius 2 is 1.82 bits per heavy atom. The number of nitrogens with zero attached hydrogens (tertiary/aromatic N) is 4. The SMILES string of the molecule is Cc1cc(CSc2nnc(-c3ccc(Br)cc3)n2CCc2ccccc2)no1. The summed E-state index contributed by atoms with van der Waals surface area (Å²) in [4.78, 5) is 0. The molecule has 4 aromatic rings. The maximum atomic E-state index is 5.16. The molecule has 0 aliphatic carbocycles. The van der Waals surface area contributed by atoms with Gasteiger partial charge in [-0.05, 0) is 31.0 Å². The van der Waals surface area contributed by atoms with Gasteiger partial charge >= 0.3 is 0 Å². The lowest BCUT2D eigenvalue weighted by molar-refractivity contribution is 0.393. The van der Waals surface area contributed by atoms with E-state index in [2.05, 4.69) is 72.2 Å². The van der Waals surface area contributed by atoms with Gasteiger partial charge < -0.3 is 9.09 Å². The number of hydrogen-bond donors (Lipinski definition) is 0. The number of benzene rings is 2. The van der Waals surface area contributed by atoms with E-state index in [9.17, 15) is 0 Å². The number of rotatable bonds is 7. The minimum Gasteiger partial charge on any atom is -0.361 e. The molecule has 0 radical (unpaired) electrons. The van der Waals surface area contributed by atoms with Crippen molar-refractivity contribution in [3.8, 4) is 11.4 Å². The average Bonchev–Trinajstić information content (AvgIpc) is 3.32. The zero-order valence-corrected chi connectivity index (χ0v) is 17.8. The van der Waals surface area contributed by atoms with Gasteiger partial charge in [0.05, 0.1) is 5.69 Å². The van der Waals surface area contributed by atoms with E-state index in [-0.39, 0.29) is 0 Å². The summed E-state index contributed by atoms with van der Waals surface area (Å²) in [5, 5.41) is 13.9. The molecule has 2 aromatic carbocycles. The van der Waals surface area contributed by atoms with Crippen molar-refractivity contribution in [2.45, 2.75) is 30.8 Å². The Morgan fingerprint density at radius 3 is 2.54 bits per heavy atom. The van der Waals surface area contributed by atoms with E-state index in [1.165, 1.54) is 5.56 Å². The monoisotopic (exact) mass is 454 g/mol. The molecule has 0 saturated carbocycles. The first kappa shape index (κ1) is 19.0. The predicted molar refractivity (Wildman–Crippen MR) is 114 cm³/mol. The fraction of sp³-hybridized carbons (Fsp3) is 0.190. The summed E-state index contributed by atoms with van der Waals surface area (Å²) in [6.07, 6.45) is 0.916. The predicted octanol–water partition coefficient (Wildman–Crippen LogP) is 5.54. The Balaban J connectivity index is 1.59. The number of thioether (sulfide) groups is 1. The van der Waals surface area contributed by atoms with Crippen LogP contribution in [-0.4, -0.2) is 19.9 Å². The molecule has 0 atom stereocenters. The van der Waals surface area contributed by atoms with Crippen LogP contribution in [-0.2, 0) is 18.7 Å². The van der Waals surface area contributed by atoms with Crippen molar-refractivity contribution in [1.82, 2.24) is 19.9 Å². The Hall–Kier alpha value is -2.38. The first-order valence-corrected chi connectivity index (χ1v) is 10.7. The van der Waals surface area contributed by atoms with E-state index in [4.69, 9.17) is 4.52 Å². The number of halogens is 1. The molecule has 0 bridgehead atoms. The van der Waals surface area contributed by atoms with E-state index in [1.54, 1.807) is 11.8 Å². The van der Waals surface area contributed by atoms with Crippen LogP contribution >= 0.6 is 27.7 Å². The summed E-state index contributed by atoms with van der Waals surface area (Å²) >= 11 is 5.12. The van der Waals surface area contributed by atoms with Crippen LogP contribution in [0.4, 0.5) is 0 Å². The zero-order chi connectivity index (χ0) is 19.3. The second-order valence-corrected chi connectivity index (χ2v) is 8.28. The molecular formula is C21H19BrN4OS. The fourth-order valence-electron chi connectivity index (χ4n) is 2.92. The molecule has 0 saturated heterocycles. The second-order valence-electron chi connectivity index (χ2n) is 6.42. The third kappa shape index (κ3) is 4.54. The van der Waals surface area contributed by atoms with Crippen molar-refractivity contribution < 1.29 is 4.52 Å². The van der Waals surface area contributed by atoms with Crippen molar-refractivity contribution in [1.29, 1.82) is 0 Å². The van der Waals surface area contributed by atoms with Gasteiger partial charge in [-0.1, -0.05) is 75.3 Å². The largest absolute Gasteiger partial charge is 0.361 e. The Bertz CT molecular complexity index is 1040. The van der Waals surface area contributed by atoms with Gasteiger partial charge in [0.25, 0.3) is 0 Å². The quantitative estimate of drug-likeness (QED) is 0.343. The fourth-order valence-corrected chi connectivity index (χ4v) is 4.03. The standard InChI is InChI=1S/C21H19BrN4OS/c1-15-13-19(25-27-15)14-28-21-24-23-20(17-7-9-18(22)10-8-17)26(21)12-11-16-5-3-2-4-6-16/h2-10,13H,11-12,14H2,1H3. The lowest BCUT2D eigenvalue weighted by atomic mass is 10.1. The summed E-state index contributed by atoms with van der Waals surface area (Å²) < 4.78 is 8.40. The van der Waals surface area contributed by atoms with Crippen molar-refractivity contribution in [3.63, 3.8) is 0 Å². The van der Waals surface area contributed by atoms with Crippen LogP contribution in [0, 0.1) is 6.92 Å². The second kappa shape index (κ2) is 8.75. The van der Waals surface area contributed by atoms with Crippen LogP contribution in [0.2, 0.25) is 0 Å². The van der Waals surface area contributed by atoms with Crippen LogP contribution < -0.4 is 0 Å². The maximum Gasteiger partial charge on any atom is 0.191 e. The molecule has 142 valence electrons. The molecule has 2 aromatic heterocycles. The first-order valence-electron chi connectivity index (χ1n) is 8.97. The lowest BCUT2D eigenvalue weighted by Crippen LogP contribution is -2.05. The molecule has 4 rings (SSSR count). The van der Waals surface area contributed by atoms with Crippen molar-refractivity contribution >= 4 is 27.7 Å². The first-order chi connectivity index (χ1) is 13.7. The van der Waals surface area contributed by atoms with Gasteiger partial charge in [-0.25, -0.2) is 0 Å². The third-order valence-electron chi connectivity index (χ3n) is 4.31. The van der Waals surface area contributed by atoms with Gasteiger partial charge in [-0.15, -0.1) is 10.2 Å². The number of hydrogen-bond acceptors (Lipinski definition) is 5. The van der Waals surface area contributed by atoms with E-state index in [0.29, 0.717) is 5.75 Å². The van der Waals surface area contributed by atoms with Crippen LogP contribution in [0.3, 0.4) is 0 Å². The van der Waals surface area contributed by atoms with E-state index < -0.39 is 0 Å². The molecule has 7 heteroatoms. The Morgan fingerprint density at radius 1 is 1.04 bits per heavy atom. The van der Waals surface area contributed by atoms with E-state index >= 15 is 0 Å². The lowest BCUT2D eigenvalue weighted by Gasteiger charge is -2.10. The van der Waals surface area contributed by atoms with Crippen molar-refractivity contribution in [3.05, 3.63) is 82.2 Å². The van der Waals surface area contributed by atoms with Crippen LogP contribution in [0.1, 0.15) is 17.0 Å². The van der Waals surface area contributed by atoms with Crippen LogP contribution in [0.5, 0.6) is 0 Å². The highest BCUT2D eigenvalue weighted by Gasteiger charge is 2.15. The number of aromatic nitrogens is 4. The average molecular weight is 455 g/mol. The van der Waals surface area contributed by atoms with Gasteiger partial charge in [0.1, 0.15) is 5.76 Å². The van der Waals surface area contributed by atoms with Gasteiger partial charge in [-0.2, -0.15) is 0 Å². The third-order valence-corrected chi connectivity index (χ3v) is 5.84. The molecule has 0 N–H and O–H groups in total. The smallest absolute Gasteiger partial charge is 0.191 e. The molecule has 0 spiro atoms. The van der Waals surface area contributed by atoms with E-state index in [1.807, 2.05) is 31.2 Å². The summed E-state index contributed by atoms with van der Waals surface area (Å²) in [6, 6.07) is 20.6. The summed E-state index contributed by atoms with van der Waals surface area (Å²) in [5.74, 6) is 2.39. The molecule has 5 nitrogen and oxygen atoms in total.